The molecule has 0 saturated carbocycles. The third kappa shape index (κ3) is 7.48. The van der Waals surface area contributed by atoms with Crippen LogP contribution >= 0.6 is 12.4 Å². The Morgan fingerprint density at radius 3 is 1.69 bits per heavy atom. The van der Waals surface area contributed by atoms with Crippen LogP contribution in [0.1, 0.15) is 65.7 Å². The van der Waals surface area contributed by atoms with Crippen molar-refractivity contribution in [1.29, 1.82) is 0 Å². The monoisotopic (exact) mass is 251 g/mol. The first-order valence-corrected chi connectivity index (χ1v) is 6.60. The Bertz CT molecular complexity index is 125. The number of aliphatic hydroxyl groups excluding tert-OH is 1. The molecule has 0 aliphatic heterocycles. The van der Waals surface area contributed by atoms with Gasteiger partial charge < -0.3 is 10.4 Å². The summed E-state index contributed by atoms with van der Waals surface area (Å²) < 4.78 is 0. The van der Waals surface area contributed by atoms with E-state index in [0.717, 1.165) is 13.0 Å². The van der Waals surface area contributed by atoms with E-state index >= 15 is 0 Å². The molecule has 16 heavy (non-hydrogen) atoms. The van der Waals surface area contributed by atoms with Gasteiger partial charge in [-0.15, -0.1) is 12.4 Å². The van der Waals surface area contributed by atoms with E-state index in [9.17, 15) is 0 Å². The fourth-order valence-corrected chi connectivity index (χ4v) is 2.51. The summed E-state index contributed by atoms with van der Waals surface area (Å²) in [7, 11) is 0. The Balaban J connectivity index is 0. The zero-order valence-electron chi connectivity index (χ0n) is 11.2. The van der Waals surface area contributed by atoms with Crippen molar-refractivity contribution >= 4 is 12.4 Å². The van der Waals surface area contributed by atoms with Crippen molar-refractivity contribution in [3.05, 3.63) is 0 Å². The molecule has 0 spiro atoms. The van der Waals surface area contributed by atoms with Crippen LogP contribution < -0.4 is 5.32 Å². The number of aliphatic hydroxyl groups is 1. The predicted molar refractivity (Wildman–Crippen MR) is 74.4 cm³/mol. The molecule has 0 aliphatic rings. The average Bonchev–Trinajstić information content (AvgIpc) is 2.19. The van der Waals surface area contributed by atoms with Crippen molar-refractivity contribution in [2.24, 2.45) is 0 Å². The zero-order valence-corrected chi connectivity index (χ0v) is 12.0. The van der Waals surface area contributed by atoms with Gasteiger partial charge >= 0.3 is 0 Å². The molecule has 0 heterocycles. The Labute approximate surface area is 108 Å². The minimum Gasteiger partial charge on any atom is -0.396 e. The fraction of sp³-hybridized carbons (Fsp3) is 1.00. The van der Waals surface area contributed by atoms with Crippen LogP contribution in [0, 0.1) is 0 Å². The van der Waals surface area contributed by atoms with Crippen molar-refractivity contribution in [1.82, 2.24) is 5.32 Å². The highest BCUT2D eigenvalue weighted by Gasteiger charge is 2.25. The van der Waals surface area contributed by atoms with E-state index in [-0.39, 0.29) is 12.4 Å². The zero-order chi connectivity index (χ0) is 11.6. The van der Waals surface area contributed by atoms with Gasteiger partial charge in [0.1, 0.15) is 0 Å². The number of halogens is 1. The lowest BCUT2D eigenvalue weighted by Gasteiger charge is -2.35. The van der Waals surface area contributed by atoms with E-state index in [2.05, 4.69) is 26.1 Å². The highest BCUT2D eigenvalue weighted by atomic mass is 35.5. The molecule has 3 heteroatoms. The van der Waals surface area contributed by atoms with Gasteiger partial charge in [-0.2, -0.15) is 0 Å². The standard InChI is InChI=1S/C13H29NO.ClH/c1-4-8-13(9-5-2,10-6-3)14-11-7-12-15;/h14-15H,4-12H2,1-3H3;1H. The molecule has 0 bridgehead atoms. The van der Waals surface area contributed by atoms with Crippen molar-refractivity contribution in [2.75, 3.05) is 13.2 Å². The normalized spacial score (nSPS) is 11.2. The molecule has 0 fully saturated rings. The molecule has 2 nitrogen and oxygen atoms in total. The summed E-state index contributed by atoms with van der Waals surface area (Å²) in [6.07, 6.45) is 8.39. The van der Waals surface area contributed by atoms with Gasteiger partial charge in [-0.05, 0) is 32.2 Å². The van der Waals surface area contributed by atoms with Gasteiger partial charge in [0.2, 0.25) is 0 Å². The van der Waals surface area contributed by atoms with Gasteiger partial charge in [-0.1, -0.05) is 40.0 Å². The molecule has 0 amide bonds. The third-order valence-corrected chi connectivity index (χ3v) is 3.02. The molecule has 0 aromatic carbocycles. The minimum absolute atomic E-state index is 0. The summed E-state index contributed by atoms with van der Waals surface area (Å²) in [6.45, 7) is 8.03. The number of hydrogen-bond donors (Lipinski definition) is 2. The van der Waals surface area contributed by atoms with Crippen molar-refractivity contribution < 1.29 is 5.11 Å². The molecule has 0 aromatic heterocycles. The van der Waals surface area contributed by atoms with Crippen molar-refractivity contribution in [3.63, 3.8) is 0 Å². The van der Waals surface area contributed by atoms with Crippen LogP contribution in [0.2, 0.25) is 0 Å². The van der Waals surface area contributed by atoms with Crippen LogP contribution in [0.15, 0.2) is 0 Å². The first kappa shape index (κ1) is 18.6. The van der Waals surface area contributed by atoms with E-state index in [1.54, 1.807) is 0 Å². The van der Waals surface area contributed by atoms with E-state index < -0.39 is 0 Å². The molecule has 0 atom stereocenters. The van der Waals surface area contributed by atoms with Gasteiger partial charge in [0.05, 0.1) is 0 Å². The lowest BCUT2D eigenvalue weighted by atomic mass is 9.84. The number of rotatable bonds is 10. The van der Waals surface area contributed by atoms with Gasteiger partial charge in [0.25, 0.3) is 0 Å². The second kappa shape index (κ2) is 11.7. The predicted octanol–water partition coefficient (Wildman–Crippen LogP) is 3.52. The summed E-state index contributed by atoms with van der Waals surface area (Å²) in [5.74, 6) is 0. The Morgan fingerprint density at radius 2 is 1.38 bits per heavy atom. The van der Waals surface area contributed by atoms with Crippen LogP contribution in [-0.4, -0.2) is 23.8 Å². The molecule has 0 rings (SSSR count). The number of nitrogens with one attached hydrogen (secondary N) is 1. The summed E-state index contributed by atoms with van der Waals surface area (Å²) in [5.41, 5.74) is 0.341. The Morgan fingerprint density at radius 1 is 0.938 bits per heavy atom. The highest BCUT2D eigenvalue weighted by molar-refractivity contribution is 5.85. The second-order valence-corrected chi connectivity index (χ2v) is 4.53. The highest BCUT2D eigenvalue weighted by Crippen LogP contribution is 2.25. The Kier molecular flexibility index (Phi) is 13.6. The molecular formula is C13H30ClNO. The molecular weight excluding hydrogens is 222 g/mol. The van der Waals surface area contributed by atoms with Crippen LogP contribution in [0.25, 0.3) is 0 Å². The molecule has 0 radical (unpaired) electrons. The molecule has 100 valence electrons. The van der Waals surface area contributed by atoms with E-state index in [4.69, 9.17) is 5.11 Å². The maximum atomic E-state index is 8.81. The smallest absolute Gasteiger partial charge is 0.0443 e. The fourth-order valence-electron chi connectivity index (χ4n) is 2.51. The first-order valence-electron chi connectivity index (χ1n) is 6.60. The quantitative estimate of drug-likeness (QED) is 0.583. The SMILES string of the molecule is CCCC(CCC)(CCC)NCCCO.Cl. The Hall–Kier alpha value is 0.210. The van der Waals surface area contributed by atoms with Crippen molar-refractivity contribution in [3.8, 4) is 0 Å². The summed E-state index contributed by atoms with van der Waals surface area (Å²) in [6, 6.07) is 0. The van der Waals surface area contributed by atoms with Crippen LogP contribution in [0.3, 0.4) is 0 Å². The van der Waals surface area contributed by atoms with E-state index in [1.165, 1.54) is 38.5 Å². The summed E-state index contributed by atoms with van der Waals surface area (Å²) in [5, 5.41) is 12.5. The van der Waals surface area contributed by atoms with Crippen LogP contribution in [0.5, 0.6) is 0 Å². The van der Waals surface area contributed by atoms with Crippen LogP contribution in [-0.2, 0) is 0 Å². The van der Waals surface area contributed by atoms with Gasteiger partial charge in [0, 0.05) is 12.1 Å². The first-order chi connectivity index (χ1) is 7.24. The topological polar surface area (TPSA) is 32.3 Å². The minimum atomic E-state index is 0. The van der Waals surface area contributed by atoms with Gasteiger partial charge in [-0.25, -0.2) is 0 Å². The average molecular weight is 252 g/mol. The maximum absolute atomic E-state index is 8.81. The largest absolute Gasteiger partial charge is 0.396 e. The second-order valence-electron chi connectivity index (χ2n) is 4.53. The lowest BCUT2D eigenvalue weighted by molar-refractivity contribution is 0.233. The summed E-state index contributed by atoms with van der Waals surface area (Å²) >= 11 is 0. The summed E-state index contributed by atoms with van der Waals surface area (Å²) in [4.78, 5) is 0. The molecule has 0 aromatic rings. The van der Waals surface area contributed by atoms with Gasteiger partial charge in [-0.3, -0.25) is 0 Å². The lowest BCUT2D eigenvalue weighted by Crippen LogP contribution is -2.45. The van der Waals surface area contributed by atoms with Gasteiger partial charge in [0.15, 0.2) is 0 Å². The molecule has 0 aliphatic carbocycles. The molecule has 0 unspecified atom stereocenters. The van der Waals surface area contributed by atoms with Crippen LogP contribution in [0.4, 0.5) is 0 Å². The maximum Gasteiger partial charge on any atom is 0.0443 e. The number of hydrogen-bond acceptors (Lipinski definition) is 2. The third-order valence-electron chi connectivity index (χ3n) is 3.02. The van der Waals surface area contributed by atoms with Crippen molar-refractivity contribution in [2.45, 2.75) is 71.3 Å². The van der Waals surface area contributed by atoms with E-state index in [0.29, 0.717) is 12.1 Å². The van der Waals surface area contributed by atoms with E-state index in [1.807, 2.05) is 0 Å². The molecule has 2 N–H and O–H groups in total. The molecule has 0 saturated heterocycles.